The molecule has 0 bridgehead atoms. The summed E-state index contributed by atoms with van der Waals surface area (Å²) in [5.74, 6) is 1.16. The van der Waals surface area contributed by atoms with Gasteiger partial charge in [-0.15, -0.1) is 0 Å². The van der Waals surface area contributed by atoms with Crippen LogP contribution in [0.4, 0.5) is 0 Å². The lowest BCUT2D eigenvalue weighted by Crippen LogP contribution is -1.91. The second kappa shape index (κ2) is 4.15. The molecule has 0 aromatic heterocycles. The van der Waals surface area contributed by atoms with Gasteiger partial charge in [0.15, 0.2) is 0 Å². The highest BCUT2D eigenvalue weighted by molar-refractivity contribution is 9.10. The largest absolute Gasteiger partial charge is 0.496 e. The lowest BCUT2D eigenvalue weighted by molar-refractivity contribution is 0.400. The van der Waals surface area contributed by atoms with E-state index in [1.54, 1.807) is 19.2 Å². The van der Waals surface area contributed by atoms with E-state index in [0.29, 0.717) is 17.1 Å². The third-order valence-electron chi connectivity index (χ3n) is 1.59. The molecule has 68 valence electrons. The van der Waals surface area contributed by atoms with Crippen molar-refractivity contribution >= 4 is 15.9 Å². The van der Waals surface area contributed by atoms with Gasteiger partial charge in [-0.05, 0) is 22.0 Å². The monoisotopic (exact) mass is 241 g/mol. The molecule has 0 aliphatic heterocycles. The van der Waals surface area contributed by atoms with Gasteiger partial charge in [-0.3, -0.25) is 0 Å². The topological polar surface area (TPSA) is 42.2 Å². The Balaban J connectivity index is 3.28. The molecule has 13 heavy (non-hydrogen) atoms. The number of nitriles is 1. The number of hydrogen-bond acceptors (Lipinski definition) is 3. The fraction of sp³-hybridized carbons (Fsp3) is 0.222. The van der Waals surface area contributed by atoms with Crippen LogP contribution in [0.1, 0.15) is 5.56 Å². The first-order chi connectivity index (χ1) is 6.22. The van der Waals surface area contributed by atoms with Gasteiger partial charge in [-0.1, -0.05) is 0 Å². The van der Waals surface area contributed by atoms with Crippen molar-refractivity contribution in [2.75, 3.05) is 14.2 Å². The van der Waals surface area contributed by atoms with E-state index in [1.165, 1.54) is 7.11 Å². The van der Waals surface area contributed by atoms with Crippen LogP contribution in [0.15, 0.2) is 16.6 Å². The summed E-state index contributed by atoms with van der Waals surface area (Å²) in [5.41, 5.74) is 0.461. The first-order valence-corrected chi connectivity index (χ1v) is 4.34. The van der Waals surface area contributed by atoms with Crippen LogP contribution in [0.3, 0.4) is 0 Å². The van der Waals surface area contributed by atoms with Gasteiger partial charge in [0.25, 0.3) is 0 Å². The first kappa shape index (κ1) is 9.87. The van der Waals surface area contributed by atoms with E-state index in [-0.39, 0.29) is 0 Å². The fourth-order valence-corrected chi connectivity index (χ4v) is 1.43. The predicted octanol–water partition coefficient (Wildman–Crippen LogP) is 2.34. The number of ether oxygens (including phenoxy) is 2. The summed E-state index contributed by atoms with van der Waals surface area (Å²) in [5, 5.41) is 8.76. The highest BCUT2D eigenvalue weighted by Gasteiger charge is 2.08. The van der Waals surface area contributed by atoms with Crippen LogP contribution >= 0.6 is 15.9 Å². The van der Waals surface area contributed by atoms with Crippen LogP contribution in [0.5, 0.6) is 11.5 Å². The summed E-state index contributed by atoms with van der Waals surface area (Å²) in [4.78, 5) is 0. The zero-order valence-corrected chi connectivity index (χ0v) is 8.88. The minimum absolute atomic E-state index is 0.461. The average molecular weight is 242 g/mol. The number of rotatable bonds is 2. The van der Waals surface area contributed by atoms with Gasteiger partial charge in [0.1, 0.15) is 17.6 Å². The summed E-state index contributed by atoms with van der Waals surface area (Å²) >= 11 is 3.30. The molecule has 3 nitrogen and oxygen atoms in total. The van der Waals surface area contributed by atoms with E-state index in [1.807, 2.05) is 6.07 Å². The molecule has 0 aliphatic rings. The van der Waals surface area contributed by atoms with Crippen molar-refractivity contribution in [3.05, 3.63) is 22.2 Å². The second-order valence-corrected chi connectivity index (χ2v) is 3.15. The van der Waals surface area contributed by atoms with Crippen LogP contribution in [0.25, 0.3) is 0 Å². The molecule has 0 amide bonds. The second-order valence-electron chi connectivity index (χ2n) is 2.30. The zero-order chi connectivity index (χ0) is 9.84. The van der Waals surface area contributed by atoms with Gasteiger partial charge < -0.3 is 9.47 Å². The molecule has 1 aromatic carbocycles. The lowest BCUT2D eigenvalue weighted by Gasteiger charge is -2.07. The molecule has 0 aliphatic carbocycles. The van der Waals surface area contributed by atoms with Crippen molar-refractivity contribution in [1.29, 1.82) is 5.26 Å². The van der Waals surface area contributed by atoms with Gasteiger partial charge in [0, 0.05) is 6.07 Å². The Labute approximate surface area is 85.0 Å². The Morgan fingerprint density at radius 3 is 2.31 bits per heavy atom. The van der Waals surface area contributed by atoms with Gasteiger partial charge in [0.2, 0.25) is 0 Å². The van der Waals surface area contributed by atoms with E-state index >= 15 is 0 Å². The quantitative estimate of drug-likeness (QED) is 0.799. The molecule has 0 heterocycles. The van der Waals surface area contributed by atoms with Crippen LogP contribution in [-0.2, 0) is 0 Å². The number of nitrogens with zero attached hydrogens (tertiary/aromatic N) is 1. The van der Waals surface area contributed by atoms with E-state index in [0.717, 1.165) is 4.47 Å². The normalized spacial score (nSPS) is 9.08. The highest BCUT2D eigenvalue weighted by Crippen LogP contribution is 2.31. The third-order valence-corrected chi connectivity index (χ3v) is 2.21. The van der Waals surface area contributed by atoms with Crippen molar-refractivity contribution in [2.45, 2.75) is 0 Å². The molecular weight excluding hydrogens is 234 g/mol. The predicted molar refractivity (Wildman–Crippen MR) is 52.0 cm³/mol. The molecule has 0 radical (unpaired) electrons. The SMILES string of the molecule is COc1cc(C#N)c(OC)cc1Br. The van der Waals surface area contributed by atoms with E-state index in [4.69, 9.17) is 14.7 Å². The Kier molecular flexibility index (Phi) is 3.15. The Bertz CT molecular complexity index is 357. The maximum Gasteiger partial charge on any atom is 0.138 e. The zero-order valence-electron chi connectivity index (χ0n) is 7.30. The van der Waals surface area contributed by atoms with Crippen LogP contribution in [-0.4, -0.2) is 14.2 Å². The van der Waals surface area contributed by atoms with Crippen molar-refractivity contribution in [3.63, 3.8) is 0 Å². The standard InChI is InChI=1S/C9H8BrNO2/c1-12-8-4-7(10)9(13-2)3-6(8)5-11/h3-4H,1-2H3. The highest BCUT2D eigenvalue weighted by atomic mass is 79.9. The smallest absolute Gasteiger partial charge is 0.138 e. The van der Waals surface area contributed by atoms with Gasteiger partial charge in [-0.25, -0.2) is 0 Å². The fourth-order valence-electron chi connectivity index (χ4n) is 0.948. The maximum absolute atomic E-state index is 8.76. The maximum atomic E-state index is 8.76. The van der Waals surface area contributed by atoms with Gasteiger partial charge >= 0.3 is 0 Å². The molecule has 4 heteroatoms. The first-order valence-electron chi connectivity index (χ1n) is 3.54. The molecule has 1 rings (SSSR count). The van der Waals surface area contributed by atoms with E-state index in [9.17, 15) is 0 Å². The van der Waals surface area contributed by atoms with E-state index in [2.05, 4.69) is 15.9 Å². The molecule has 0 saturated carbocycles. The Morgan fingerprint density at radius 2 is 1.85 bits per heavy atom. The Morgan fingerprint density at radius 1 is 1.23 bits per heavy atom. The molecular formula is C9H8BrNO2. The molecule has 0 saturated heterocycles. The third kappa shape index (κ3) is 1.93. The van der Waals surface area contributed by atoms with Crippen molar-refractivity contribution in [1.82, 2.24) is 0 Å². The minimum Gasteiger partial charge on any atom is -0.496 e. The van der Waals surface area contributed by atoms with Gasteiger partial charge in [-0.2, -0.15) is 5.26 Å². The average Bonchev–Trinajstić information content (AvgIpc) is 2.17. The molecule has 0 fully saturated rings. The molecule has 0 atom stereocenters. The summed E-state index contributed by atoms with van der Waals surface area (Å²) < 4.78 is 10.8. The van der Waals surface area contributed by atoms with Crippen molar-refractivity contribution in [3.8, 4) is 17.6 Å². The minimum atomic E-state index is 0.461. The number of hydrogen-bond donors (Lipinski definition) is 0. The van der Waals surface area contributed by atoms with Crippen LogP contribution in [0, 0.1) is 11.3 Å². The van der Waals surface area contributed by atoms with Crippen molar-refractivity contribution in [2.24, 2.45) is 0 Å². The molecule has 0 spiro atoms. The molecule has 0 unspecified atom stereocenters. The molecule has 0 N–H and O–H groups in total. The van der Waals surface area contributed by atoms with Crippen LogP contribution < -0.4 is 9.47 Å². The number of halogens is 1. The van der Waals surface area contributed by atoms with Gasteiger partial charge in [0.05, 0.1) is 24.3 Å². The number of methoxy groups -OCH3 is 2. The van der Waals surface area contributed by atoms with Crippen LogP contribution in [0.2, 0.25) is 0 Å². The lowest BCUT2D eigenvalue weighted by atomic mass is 10.2. The summed E-state index contributed by atoms with van der Waals surface area (Å²) in [6, 6.07) is 5.36. The molecule has 1 aromatic rings. The summed E-state index contributed by atoms with van der Waals surface area (Å²) in [6.07, 6.45) is 0. The number of benzene rings is 1. The summed E-state index contributed by atoms with van der Waals surface area (Å²) in [7, 11) is 3.07. The van der Waals surface area contributed by atoms with E-state index < -0.39 is 0 Å². The van der Waals surface area contributed by atoms with Crippen molar-refractivity contribution < 1.29 is 9.47 Å². The summed E-state index contributed by atoms with van der Waals surface area (Å²) in [6.45, 7) is 0. The Hall–Kier alpha value is -1.21.